The Morgan fingerprint density at radius 1 is 1.40 bits per heavy atom. The highest BCUT2D eigenvalue weighted by Gasteiger charge is 2.34. The summed E-state index contributed by atoms with van der Waals surface area (Å²) in [6, 6.07) is 4.57. The van der Waals surface area contributed by atoms with E-state index in [1.165, 1.54) is 0 Å². The molecule has 2 amide bonds. The van der Waals surface area contributed by atoms with E-state index in [1.807, 2.05) is 26.0 Å². The van der Waals surface area contributed by atoms with Gasteiger partial charge in [0, 0.05) is 6.20 Å². The summed E-state index contributed by atoms with van der Waals surface area (Å²) in [4.78, 5) is 28.9. The average molecular weight is 272 g/mol. The Bertz CT molecular complexity index is 692. The quantitative estimate of drug-likeness (QED) is 0.878. The number of fused-ring (bicyclic) bond motifs is 3. The van der Waals surface area contributed by atoms with E-state index in [0.717, 1.165) is 6.42 Å². The second-order valence-corrected chi connectivity index (χ2v) is 5.06. The van der Waals surface area contributed by atoms with Gasteiger partial charge in [-0.1, -0.05) is 26.3 Å². The van der Waals surface area contributed by atoms with Gasteiger partial charge >= 0.3 is 6.03 Å². The minimum atomic E-state index is -0.527. The van der Waals surface area contributed by atoms with Crippen LogP contribution in [0.15, 0.2) is 24.4 Å². The molecule has 0 aliphatic carbocycles. The number of ketones is 1. The Morgan fingerprint density at radius 3 is 2.95 bits per heavy atom. The zero-order valence-electron chi connectivity index (χ0n) is 11.4. The number of urea groups is 1. The van der Waals surface area contributed by atoms with Crippen LogP contribution >= 0.6 is 0 Å². The van der Waals surface area contributed by atoms with E-state index >= 15 is 0 Å². The fourth-order valence-corrected chi connectivity index (χ4v) is 2.45. The number of imidazole rings is 1. The van der Waals surface area contributed by atoms with Gasteiger partial charge in [-0.3, -0.25) is 14.5 Å². The molecule has 2 aromatic rings. The Hall–Kier alpha value is -2.37. The van der Waals surface area contributed by atoms with Crippen LogP contribution in [-0.4, -0.2) is 27.2 Å². The summed E-state index contributed by atoms with van der Waals surface area (Å²) in [5.74, 6) is 0.282. The van der Waals surface area contributed by atoms with Gasteiger partial charge in [0.15, 0.2) is 5.82 Å². The number of rotatable bonds is 2. The number of aromatic nitrogens is 2. The van der Waals surface area contributed by atoms with Crippen molar-refractivity contribution in [2.75, 3.05) is 5.32 Å². The molecule has 20 heavy (non-hydrogen) atoms. The molecule has 3 rings (SSSR count). The molecule has 0 fully saturated rings. The highest BCUT2D eigenvalue weighted by molar-refractivity contribution is 6.10. The summed E-state index contributed by atoms with van der Waals surface area (Å²) in [7, 11) is 0. The molecule has 1 aliphatic heterocycles. The standard InChI is InChI=1S/C14H16N4O2/c1-3-8(2)10-12(19)11-13(17-14(20)16-10)15-9-6-4-5-7-18(9)11/h4-8,10H,3H2,1-2H3,(H2,16,17,20)/t8-,10-/m0/s1. The fourth-order valence-electron chi connectivity index (χ4n) is 2.45. The largest absolute Gasteiger partial charge is 0.327 e. The average Bonchev–Trinajstić information content (AvgIpc) is 2.75. The summed E-state index contributed by atoms with van der Waals surface area (Å²) in [5.41, 5.74) is 1.08. The van der Waals surface area contributed by atoms with E-state index in [0.29, 0.717) is 17.2 Å². The maximum absolute atomic E-state index is 12.7. The molecule has 104 valence electrons. The summed E-state index contributed by atoms with van der Waals surface area (Å²) < 4.78 is 1.72. The summed E-state index contributed by atoms with van der Waals surface area (Å²) in [6.07, 6.45) is 2.59. The van der Waals surface area contributed by atoms with Gasteiger partial charge in [0.2, 0.25) is 5.78 Å². The predicted octanol–water partition coefficient (Wildman–Crippen LogP) is 2.07. The highest BCUT2D eigenvalue weighted by atomic mass is 16.2. The molecule has 0 saturated carbocycles. The first kappa shape index (κ1) is 12.7. The maximum atomic E-state index is 12.7. The van der Waals surface area contributed by atoms with Crippen molar-refractivity contribution in [3.8, 4) is 0 Å². The van der Waals surface area contributed by atoms with Crippen molar-refractivity contribution in [2.24, 2.45) is 5.92 Å². The van der Waals surface area contributed by atoms with Crippen LogP contribution in [0.25, 0.3) is 5.65 Å². The zero-order valence-corrected chi connectivity index (χ0v) is 11.4. The van der Waals surface area contributed by atoms with Crippen molar-refractivity contribution in [1.29, 1.82) is 0 Å². The molecule has 6 nitrogen and oxygen atoms in total. The monoisotopic (exact) mass is 272 g/mol. The number of carbonyl (C=O) groups is 2. The molecule has 0 spiro atoms. The minimum Gasteiger partial charge on any atom is -0.327 e. The topological polar surface area (TPSA) is 75.5 Å². The van der Waals surface area contributed by atoms with E-state index in [-0.39, 0.29) is 17.7 Å². The van der Waals surface area contributed by atoms with Crippen LogP contribution in [0.2, 0.25) is 0 Å². The molecular formula is C14H16N4O2. The van der Waals surface area contributed by atoms with Crippen molar-refractivity contribution < 1.29 is 9.59 Å². The number of hydrogen-bond acceptors (Lipinski definition) is 3. The SMILES string of the molecule is CC[C@H](C)[C@@H]1NC(=O)Nc2nc3ccccn3c2C1=O. The number of nitrogens with zero attached hydrogens (tertiary/aromatic N) is 2. The van der Waals surface area contributed by atoms with Crippen LogP contribution in [0, 0.1) is 5.92 Å². The molecule has 0 unspecified atom stereocenters. The van der Waals surface area contributed by atoms with Crippen LogP contribution in [0.5, 0.6) is 0 Å². The third kappa shape index (κ3) is 1.84. The van der Waals surface area contributed by atoms with Gasteiger partial charge in [-0.2, -0.15) is 0 Å². The number of anilines is 1. The molecule has 2 atom stereocenters. The van der Waals surface area contributed by atoms with Gasteiger partial charge in [0.1, 0.15) is 11.3 Å². The molecule has 0 saturated heterocycles. The van der Waals surface area contributed by atoms with Gasteiger partial charge in [-0.25, -0.2) is 9.78 Å². The highest BCUT2D eigenvalue weighted by Crippen LogP contribution is 2.24. The first-order valence-corrected chi connectivity index (χ1v) is 6.70. The number of amides is 2. The third-order valence-corrected chi connectivity index (χ3v) is 3.78. The lowest BCUT2D eigenvalue weighted by Crippen LogP contribution is -2.44. The molecular weight excluding hydrogens is 256 g/mol. The number of Topliss-reactive ketones (excluding diaryl/α,β-unsaturated/α-hetero) is 1. The lowest BCUT2D eigenvalue weighted by Gasteiger charge is -2.20. The van der Waals surface area contributed by atoms with Crippen molar-refractivity contribution in [1.82, 2.24) is 14.7 Å². The number of nitrogens with one attached hydrogen (secondary N) is 2. The Morgan fingerprint density at radius 2 is 2.20 bits per heavy atom. The number of hydrogen-bond donors (Lipinski definition) is 2. The van der Waals surface area contributed by atoms with Crippen molar-refractivity contribution in [3.63, 3.8) is 0 Å². The number of carbonyl (C=O) groups excluding carboxylic acids is 2. The molecule has 0 bridgehead atoms. The number of pyridine rings is 1. The van der Waals surface area contributed by atoms with Gasteiger partial charge in [0.05, 0.1) is 6.04 Å². The third-order valence-electron chi connectivity index (χ3n) is 3.78. The molecule has 6 heteroatoms. The Balaban J connectivity index is 2.18. The Labute approximate surface area is 116 Å². The van der Waals surface area contributed by atoms with Crippen LogP contribution in [-0.2, 0) is 0 Å². The minimum absolute atomic E-state index is 0.0634. The smallest absolute Gasteiger partial charge is 0.321 e. The molecule has 3 heterocycles. The lowest BCUT2D eigenvalue weighted by molar-refractivity contribution is 0.0913. The molecule has 0 aromatic carbocycles. The predicted molar refractivity (Wildman–Crippen MR) is 74.9 cm³/mol. The van der Waals surface area contributed by atoms with E-state index in [9.17, 15) is 9.59 Å². The molecule has 2 aromatic heterocycles. The molecule has 0 radical (unpaired) electrons. The maximum Gasteiger partial charge on any atom is 0.321 e. The van der Waals surface area contributed by atoms with E-state index < -0.39 is 6.04 Å². The van der Waals surface area contributed by atoms with Crippen molar-refractivity contribution in [2.45, 2.75) is 26.3 Å². The second kappa shape index (κ2) is 4.63. The first-order chi connectivity index (χ1) is 9.61. The van der Waals surface area contributed by atoms with Gasteiger partial charge in [-0.05, 0) is 18.1 Å². The van der Waals surface area contributed by atoms with Crippen molar-refractivity contribution >= 4 is 23.3 Å². The van der Waals surface area contributed by atoms with Crippen LogP contribution in [0.4, 0.5) is 10.6 Å². The van der Waals surface area contributed by atoms with Crippen LogP contribution in [0.3, 0.4) is 0 Å². The molecule has 1 aliphatic rings. The van der Waals surface area contributed by atoms with Crippen LogP contribution in [0.1, 0.15) is 30.8 Å². The fraction of sp³-hybridized carbons (Fsp3) is 0.357. The summed E-state index contributed by atoms with van der Waals surface area (Å²) in [6.45, 7) is 3.95. The van der Waals surface area contributed by atoms with Gasteiger partial charge < -0.3 is 5.32 Å². The van der Waals surface area contributed by atoms with Crippen molar-refractivity contribution in [3.05, 3.63) is 30.1 Å². The summed E-state index contributed by atoms with van der Waals surface area (Å²) in [5, 5.41) is 5.37. The van der Waals surface area contributed by atoms with E-state index in [1.54, 1.807) is 16.7 Å². The normalized spacial score (nSPS) is 20.0. The van der Waals surface area contributed by atoms with Crippen LogP contribution < -0.4 is 10.6 Å². The Kier molecular flexibility index (Phi) is 2.93. The van der Waals surface area contributed by atoms with Gasteiger partial charge in [0.25, 0.3) is 0 Å². The lowest BCUT2D eigenvalue weighted by atomic mass is 9.94. The second-order valence-electron chi connectivity index (χ2n) is 5.06. The zero-order chi connectivity index (χ0) is 14.3. The first-order valence-electron chi connectivity index (χ1n) is 6.70. The summed E-state index contributed by atoms with van der Waals surface area (Å²) >= 11 is 0. The van der Waals surface area contributed by atoms with E-state index in [4.69, 9.17) is 0 Å². The molecule has 2 N–H and O–H groups in total. The van der Waals surface area contributed by atoms with Gasteiger partial charge in [-0.15, -0.1) is 0 Å². The van der Waals surface area contributed by atoms with E-state index in [2.05, 4.69) is 15.6 Å².